The van der Waals surface area contributed by atoms with Gasteiger partial charge in [0.25, 0.3) is 5.91 Å². The van der Waals surface area contributed by atoms with Crippen molar-refractivity contribution in [3.05, 3.63) is 54.6 Å². The molecule has 1 fully saturated rings. The summed E-state index contributed by atoms with van der Waals surface area (Å²) < 4.78 is 0. The number of aliphatic carboxylic acids is 1. The minimum absolute atomic E-state index is 0.0185. The minimum atomic E-state index is -0.925. The summed E-state index contributed by atoms with van der Waals surface area (Å²) in [6, 6.07) is 6.51. The van der Waals surface area contributed by atoms with Crippen molar-refractivity contribution >= 4 is 23.5 Å². The molecule has 1 aromatic carbocycles. The van der Waals surface area contributed by atoms with E-state index in [1.54, 1.807) is 30.3 Å². The number of amides is 2. The van der Waals surface area contributed by atoms with Crippen LogP contribution in [0.1, 0.15) is 16.8 Å². The summed E-state index contributed by atoms with van der Waals surface area (Å²) in [5.41, 5.74) is 1.02. The van der Waals surface area contributed by atoms with E-state index in [4.69, 9.17) is 0 Å². The summed E-state index contributed by atoms with van der Waals surface area (Å²) in [4.78, 5) is 35.9. The van der Waals surface area contributed by atoms with Gasteiger partial charge in [0.2, 0.25) is 5.91 Å². The molecule has 4 atom stereocenters. The topological polar surface area (TPSA) is 95.5 Å². The number of allylic oxidation sites excluding steroid dienone is 2. The van der Waals surface area contributed by atoms with Crippen LogP contribution in [0.25, 0.3) is 0 Å². The number of carboxylic acid groups (broad SMARTS) is 1. The molecule has 6 heteroatoms. The van der Waals surface area contributed by atoms with E-state index in [-0.39, 0.29) is 23.7 Å². The molecule has 2 aliphatic carbocycles. The first-order valence-electron chi connectivity index (χ1n) is 8.22. The zero-order valence-corrected chi connectivity index (χ0v) is 13.6. The third kappa shape index (κ3) is 3.33. The number of rotatable bonds is 6. The van der Waals surface area contributed by atoms with E-state index in [1.807, 2.05) is 12.2 Å². The summed E-state index contributed by atoms with van der Waals surface area (Å²) in [5, 5.41) is 14.9. The Balaban J connectivity index is 1.67. The number of nitrogens with one attached hydrogen (secondary N) is 2. The number of hydrogen-bond donors (Lipinski definition) is 3. The average Bonchev–Trinajstić information content (AvgIpc) is 3.21. The van der Waals surface area contributed by atoms with Gasteiger partial charge in [0, 0.05) is 17.8 Å². The van der Waals surface area contributed by atoms with Gasteiger partial charge in [-0.1, -0.05) is 18.2 Å². The van der Waals surface area contributed by atoms with Crippen LogP contribution < -0.4 is 10.6 Å². The summed E-state index contributed by atoms with van der Waals surface area (Å²) in [7, 11) is 0. The average molecular weight is 340 g/mol. The van der Waals surface area contributed by atoms with Gasteiger partial charge in [-0.15, -0.1) is 6.58 Å². The first-order chi connectivity index (χ1) is 12.0. The molecule has 3 N–H and O–H groups in total. The minimum Gasteiger partial charge on any atom is -0.481 e. The Labute approximate surface area is 145 Å². The number of benzene rings is 1. The molecule has 0 aromatic heterocycles. The van der Waals surface area contributed by atoms with Crippen molar-refractivity contribution in [3.8, 4) is 0 Å². The number of carbonyl (C=O) groups excluding carboxylic acids is 2. The van der Waals surface area contributed by atoms with Crippen molar-refractivity contribution < 1.29 is 19.5 Å². The van der Waals surface area contributed by atoms with Crippen LogP contribution in [0.15, 0.2) is 49.1 Å². The highest BCUT2D eigenvalue weighted by Crippen LogP contribution is 2.48. The largest absolute Gasteiger partial charge is 0.481 e. The fourth-order valence-electron chi connectivity index (χ4n) is 3.71. The molecule has 0 saturated heterocycles. The summed E-state index contributed by atoms with van der Waals surface area (Å²) in [6.07, 6.45) is 6.16. The highest BCUT2D eigenvalue weighted by Gasteiger charge is 2.51. The molecular formula is C19H20N2O4. The van der Waals surface area contributed by atoms with Crippen molar-refractivity contribution in [1.29, 1.82) is 0 Å². The second-order valence-electron chi connectivity index (χ2n) is 6.40. The number of fused-ring (bicyclic) bond motifs is 2. The molecule has 2 aliphatic rings. The molecule has 0 unspecified atom stereocenters. The van der Waals surface area contributed by atoms with E-state index in [2.05, 4.69) is 17.2 Å². The third-order valence-electron chi connectivity index (χ3n) is 4.87. The smallest absolute Gasteiger partial charge is 0.307 e. The first-order valence-corrected chi connectivity index (χ1v) is 8.22. The Bertz CT molecular complexity index is 738. The van der Waals surface area contributed by atoms with Gasteiger partial charge < -0.3 is 15.7 Å². The molecule has 0 aliphatic heterocycles. The summed E-state index contributed by atoms with van der Waals surface area (Å²) in [6.45, 7) is 3.92. The van der Waals surface area contributed by atoms with Crippen LogP contribution >= 0.6 is 0 Å². The van der Waals surface area contributed by atoms with Gasteiger partial charge >= 0.3 is 5.97 Å². The highest BCUT2D eigenvalue weighted by molar-refractivity contribution is 5.98. The van der Waals surface area contributed by atoms with E-state index in [9.17, 15) is 19.5 Å². The van der Waals surface area contributed by atoms with Crippen molar-refractivity contribution in [3.63, 3.8) is 0 Å². The molecular weight excluding hydrogens is 320 g/mol. The van der Waals surface area contributed by atoms with Crippen LogP contribution in [0.5, 0.6) is 0 Å². The van der Waals surface area contributed by atoms with Gasteiger partial charge in [0.1, 0.15) is 0 Å². The second kappa shape index (κ2) is 6.93. The lowest BCUT2D eigenvalue weighted by Gasteiger charge is -2.23. The molecule has 0 spiro atoms. The quantitative estimate of drug-likeness (QED) is 0.691. The Morgan fingerprint density at radius 3 is 2.36 bits per heavy atom. The third-order valence-corrected chi connectivity index (χ3v) is 4.87. The lowest BCUT2D eigenvalue weighted by Crippen LogP contribution is -2.36. The van der Waals surface area contributed by atoms with Crippen LogP contribution in [0.4, 0.5) is 5.69 Å². The molecule has 0 heterocycles. The van der Waals surface area contributed by atoms with E-state index in [1.165, 1.54) is 0 Å². The summed E-state index contributed by atoms with van der Waals surface area (Å²) >= 11 is 0. The standard InChI is InChI=1S/C19H20N2O4/c1-2-9-20-17(22)11-5-7-14(8-6-11)21-18(23)15-12-3-4-13(10-12)16(15)19(24)25/h2-8,12-13,15-16H,1,9-10H2,(H,20,22)(H,21,23)(H,24,25)/t12-,13-,15+,16+/m0/s1. The number of anilines is 1. The fraction of sp³-hybridized carbons (Fsp3) is 0.316. The van der Waals surface area contributed by atoms with Crippen LogP contribution in [0.3, 0.4) is 0 Å². The Hall–Kier alpha value is -2.89. The molecule has 0 radical (unpaired) electrons. The molecule has 2 bridgehead atoms. The zero-order valence-electron chi connectivity index (χ0n) is 13.6. The molecule has 1 saturated carbocycles. The molecule has 1 aromatic rings. The highest BCUT2D eigenvalue weighted by atomic mass is 16.4. The lowest BCUT2D eigenvalue weighted by atomic mass is 9.82. The van der Waals surface area contributed by atoms with Gasteiger partial charge in [-0.05, 0) is 42.5 Å². The molecule has 6 nitrogen and oxygen atoms in total. The van der Waals surface area contributed by atoms with Crippen LogP contribution in [-0.4, -0.2) is 29.4 Å². The Morgan fingerprint density at radius 1 is 1.12 bits per heavy atom. The van der Waals surface area contributed by atoms with Gasteiger partial charge in [0.15, 0.2) is 0 Å². The molecule has 130 valence electrons. The summed E-state index contributed by atoms with van der Waals surface area (Å²) in [5.74, 6) is -2.73. The SMILES string of the molecule is C=CCNC(=O)c1ccc(NC(=O)[C@H]2[C@H](C(=O)O)[C@H]3C=C[C@H]2C3)cc1. The predicted octanol–water partition coefficient (Wildman–Crippen LogP) is 2.06. The maximum Gasteiger partial charge on any atom is 0.307 e. The van der Waals surface area contributed by atoms with Gasteiger partial charge in [-0.25, -0.2) is 0 Å². The Kier molecular flexibility index (Phi) is 4.70. The number of hydrogen-bond acceptors (Lipinski definition) is 3. The van der Waals surface area contributed by atoms with Crippen LogP contribution in [-0.2, 0) is 9.59 Å². The Morgan fingerprint density at radius 2 is 1.76 bits per heavy atom. The van der Waals surface area contributed by atoms with E-state index in [0.717, 1.165) is 6.42 Å². The van der Waals surface area contributed by atoms with E-state index in [0.29, 0.717) is 17.8 Å². The van der Waals surface area contributed by atoms with E-state index < -0.39 is 17.8 Å². The van der Waals surface area contributed by atoms with E-state index >= 15 is 0 Å². The maximum absolute atomic E-state index is 12.6. The van der Waals surface area contributed by atoms with Crippen molar-refractivity contribution in [2.45, 2.75) is 6.42 Å². The van der Waals surface area contributed by atoms with Crippen LogP contribution in [0.2, 0.25) is 0 Å². The van der Waals surface area contributed by atoms with Crippen molar-refractivity contribution in [1.82, 2.24) is 5.32 Å². The normalized spacial score (nSPS) is 26.2. The van der Waals surface area contributed by atoms with Crippen molar-refractivity contribution in [2.24, 2.45) is 23.7 Å². The molecule has 2 amide bonds. The van der Waals surface area contributed by atoms with Crippen LogP contribution in [0, 0.1) is 23.7 Å². The van der Waals surface area contributed by atoms with Gasteiger partial charge in [0.05, 0.1) is 11.8 Å². The first kappa shape index (κ1) is 17.0. The monoisotopic (exact) mass is 340 g/mol. The lowest BCUT2D eigenvalue weighted by molar-refractivity contribution is -0.146. The number of carboxylic acids is 1. The molecule has 3 rings (SSSR count). The number of carbonyl (C=O) groups is 3. The second-order valence-corrected chi connectivity index (χ2v) is 6.40. The van der Waals surface area contributed by atoms with Gasteiger partial charge in [-0.2, -0.15) is 0 Å². The fourth-order valence-corrected chi connectivity index (χ4v) is 3.71. The zero-order chi connectivity index (χ0) is 18.0. The predicted molar refractivity (Wildman–Crippen MR) is 93.0 cm³/mol. The maximum atomic E-state index is 12.6. The van der Waals surface area contributed by atoms with Gasteiger partial charge in [-0.3, -0.25) is 14.4 Å². The molecule has 25 heavy (non-hydrogen) atoms. The van der Waals surface area contributed by atoms with Crippen molar-refractivity contribution in [2.75, 3.05) is 11.9 Å².